The monoisotopic (exact) mass is 493 g/mol. The van der Waals surface area contributed by atoms with Crippen LogP contribution in [0.3, 0.4) is 0 Å². The molecule has 152 valence electrons. The number of nitrogens with zero attached hydrogens (tertiary/aromatic N) is 2. The van der Waals surface area contributed by atoms with Gasteiger partial charge in [0.15, 0.2) is 0 Å². The molecule has 0 saturated carbocycles. The summed E-state index contributed by atoms with van der Waals surface area (Å²) in [5.74, 6) is 1.00. The van der Waals surface area contributed by atoms with E-state index in [1.54, 1.807) is 24.3 Å². The van der Waals surface area contributed by atoms with Gasteiger partial charge in [0.05, 0.1) is 4.87 Å². The zero-order valence-corrected chi connectivity index (χ0v) is 18.9. The predicted octanol–water partition coefficient (Wildman–Crippen LogP) is 5.32. The molecule has 0 aliphatic carbocycles. The van der Waals surface area contributed by atoms with Crippen LogP contribution < -0.4 is 5.32 Å². The van der Waals surface area contributed by atoms with Gasteiger partial charge < -0.3 is 15.1 Å². The minimum atomic E-state index is -0.221. The number of anilines is 1. The normalized spacial score (nSPS) is 18.1. The first-order valence-corrected chi connectivity index (χ1v) is 11.7. The molecule has 3 amide bonds. The van der Waals surface area contributed by atoms with Gasteiger partial charge in [0, 0.05) is 46.1 Å². The number of carbonyl (C=O) groups is 2. The van der Waals surface area contributed by atoms with Gasteiger partial charge in [-0.3, -0.25) is 4.79 Å². The van der Waals surface area contributed by atoms with Gasteiger partial charge in [-0.25, -0.2) is 4.79 Å². The van der Waals surface area contributed by atoms with Crippen molar-refractivity contribution in [1.82, 2.24) is 9.80 Å². The molecule has 2 aromatic rings. The summed E-state index contributed by atoms with van der Waals surface area (Å²) in [7, 11) is 0. The topological polar surface area (TPSA) is 52.7 Å². The van der Waals surface area contributed by atoms with Crippen LogP contribution in [0, 0.1) is 0 Å². The zero-order valence-electron chi connectivity index (χ0n) is 15.7. The number of hydrogen-bond donors (Lipinski definition) is 1. The highest BCUT2D eigenvalue weighted by molar-refractivity contribution is 9.10. The van der Waals surface area contributed by atoms with Gasteiger partial charge in [-0.15, -0.1) is 11.8 Å². The smallest absolute Gasteiger partial charge is 0.321 e. The van der Waals surface area contributed by atoms with E-state index in [-0.39, 0.29) is 16.8 Å². The number of thioether (sulfide) groups is 1. The van der Waals surface area contributed by atoms with E-state index >= 15 is 0 Å². The van der Waals surface area contributed by atoms with Crippen molar-refractivity contribution in [1.29, 1.82) is 0 Å². The lowest BCUT2D eigenvalue weighted by Gasteiger charge is -2.44. The summed E-state index contributed by atoms with van der Waals surface area (Å²) in [5.41, 5.74) is 1.43. The second kappa shape index (κ2) is 8.58. The Hall–Kier alpha value is -1.70. The summed E-state index contributed by atoms with van der Waals surface area (Å²) in [6.45, 7) is 1.99. The molecule has 2 saturated heterocycles. The van der Waals surface area contributed by atoms with Crippen LogP contribution in [-0.4, -0.2) is 52.0 Å². The Balaban J connectivity index is 1.40. The van der Waals surface area contributed by atoms with Crippen LogP contribution in [0.1, 0.15) is 23.2 Å². The number of nitrogens with one attached hydrogen (secondary N) is 1. The highest BCUT2D eigenvalue weighted by Gasteiger charge is 2.47. The maximum Gasteiger partial charge on any atom is 0.321 e. The van der Waals surface area contributed by atoms with Gasteiger partial charge in [0.1, 0.15) is 0 Å². The van der Waals surface area contributed by atoms with Gasteiger partial charge in [0.2, 0.25) is 0 Å². The Morgan fingerprint density at radius 2 is 1.66 bits per heavy atom. The maximum absolute atomic E-state index is 13.1. The third-order valence-electron chi connectivity index (χ3n) is 5.44. The van der Waals surface area contributed by atoms with Crippen molar-refractivity contribution in [3.63, 3.8) is 0 Å². The number of halogens is 2. The van der Waals surface area contributed by atoms with Crippen LogP contribution in [0.15, 0.2) is 53.0 Å². The van der Waals surface area contributed by atoms with E-state index in [2.05, 4.69) is 21.2 Å². The predicted molar refractivity (Wildman–Crippen MR) is 122 cm³/mol. The van der Waals surface area contributed by atoms with Crippen LogP contribution in [-0.2, 0) is 0 Å². The molecule has 0 unspecified atom stereocenters. The van der Waals surface area contributed by atoms with E-state index in [1.807, 2.05) is 45.8 Å². The van der Waals surface area contributed by atoms with Gasteiger partial charge in [-0.1, -0.05) is 27.5 Å². The number of rotatable bonds is 2. The quantitative estimate of drug-likeness (QED) is 0.615. The second-order valence-corrected chi connectivity index (χ2v) is 9.99. The molecule has 5 nitrogen and oxygen atoms in total. The van der Waals surface area contributed by atoms with Crippen LogP contribution in [0.4, 0.5) is 10.5 Å². The third-order valence-corrected chi connectivity index (χ3v) is 7.77. The Labute approximate surface area is 187 Å². The molecule has 1 spiro atoms. The molecule has 8 heteroatoms. The molecular formula is C21H21BrClN3O2S. The molecule has 2 fully saturated rings. The highest BCUT2D eigenvalue weighted by Crippen LogP contribution is 2.44. The fourth-order valence-corrected chi connectivity index (χ4v) is 5.70. The summed E-state index contributed by atoms with van der Waals surface area (Å²) in [6.07, 6.45) is 1.54. The van der Waals surface area contributed by atoms with E-state index in [9.17, 15) is 9.59 Å². The van der Waals surface area contributed by atoms with Crippen molar-refractivity contribution < 1.29 is 9.59 Å². The summed E-state index contributed by atoms with van der Waals surface area (Å²) in [4.78, 5) is 29.3. The summed E-state index contributed by atoms with van der Waals surface area (Å²) >= 11 is 11.2. The third kappa shape index (κ3) is 4.42. The molecule has 2 aliphatic heterocycles. The Morgan fingerprint density at radius 3 is 2.31 bits per heavy atom. The van der Waals surface area contributed by atoms with Crippen LogP contribution in [0.5, 0.6) is 0 Å². The lowest BCUT2D eigenvalue weighted by molar-refractivity contribution is 0.0585. The largest absolute Gasteiger partial charge is 0.324 e. The average molecular weight is 495 g/mol. The Morgan fingerprint density at radius 1 is 1.00 bits per heavy atom. The first-order valence-electron chi connectivity index (χ1n) is 9.50. The van der Waals surface area contributed by atoms with Gasteiger partial charge in [0.25, 0.3) is 5.91 Å². The molecule has 2 aromatic carbocycles. The van der Waals surface area contributed by atoms with Crippen molar-refractivity contribution in [3.05, 3.63) is 63.6 Å². The van der Waals surface area contributed by atoms with E-state index in [1.165, 1.54) is 0 Å². The molecule has 1 N–H and O–H groups in total. The minimum Gasteiger partial charge on any atom is -0.324 e. The molecule has 2 heterocycles. The SMILES string of the molecule is O=C(Nc1ccc(Cl)cc1)N1CCC2(CC1)SCCN2C(=O)c1ccc(Br)cc1. The number of amides is 3. The van der Waals surface area contributed by atoms with Gasteiger partial charge in [-0.05, 0) is 61.4 Å². The molecule has 29 heavy (non-hydrogen) atoms. The fraction of sp³-hybridized carbons (Fsp3) is 0.333. The fourth-order valence-electron chi connectivity index (χ4n) is 3.85. The molecule has 0 aromatic heterocycles. The summed E-state index contributed by atoms with van der Waals surface area (Å²) in [5, 5.41) is 3.56. The van der Waals surface area contributed by atoms with Gasteiger partial charge in [-0.2, -0.15) is 0 Å². The van der Waals surface area contributed by atoms with E-state index in [4.69, 9.17) is 11.6 Å². The number of hydrogen-bond acceptors (Lipinski definition) is 3. The second-order valence-electron chi connectivity index (χ2n) is 7.18. The average Bonchev–Trinajstić information content (AvgIpc) is 3.13. The summed E-state index contributed by atoms with van der Waals surface area (Å²) in [6, 6.07) is 14.5. The van der Waals surface area contributed by atoms with Crippen molar-refractivity contribution in [2.75, 3.05) is 30.7 Å². The first kappa shape index (κ1) is 20.6. The Kier molecular flexibility index (Phi) is 6.08. The molecule has 2 aliphatic rings. The molecule has 0 bridgehead atoms. The lowest BCUT2D eigenvalue weighted by atomic mass is 10.0. The van der Waals surface area contributed by atoms with E-state index in [0.29, 0.717) is 23.7 Å². The molecular weight excluding hydrogens is 474 g/mol. The number of likely N-dealkylation sites (tertiary alicyclic amines) is 1. The molecule has 4 rings (SSSR count). The number of carbonyl (C=O) groups excluding carboxylic acids is 2. The number of piperidine rings is 1. The van der Waals surface area contributed by atoms with Crippen LogP contribution in [0.25, 0.3) is 0 Å². The molecule has 0 radical (unpaired) electrons. The van der Waals surface area contributed by atoms with Crippen molar-refractivity contribution in [2.45, 2.75) is 17.7 Å². The highest BCUT2D eigenvalue weighted by atomic mass is 79.9. The van der Waals surface area contributed by atoms with E-state index in [0.717, 1.165) is 35.3 Å². The lowest BCUT2D eigenvalue weighted by Crippen LogP contribution is -2.54. The Bertz CT molecular complexity index is 899. The van der Waals surface area contributed by atoms with Gasteiger partial charge >= 0.3 is 6.03 Å². The van der Waals surface area contributed by atoms with E-state index < -0.39 is 0 Å². The standard InChI is InChI=1S/C21H21BrClN3O2S/c22-16-3-1-15(2-4-16)19(27)26-13-14-29-21(26)9-11-25(12-10-21)20(28)24-18-7-5-17(23)6-8-18/h1-8H,9-14H2,(H,24,28). The molecule has 0 atom stereocenters. The van der Waals surface area contributed by atoms with Crippen molar-refractivity contribution >= 4 is 56.9 Å². The van der Waals surface area contributed by atoms with Crippen molar-refractivity contribution in [3.8, 4) is 0 Å². The van der Waals surface area contributed by atoms with Crippen LogP contribution >= 0.6 is 39.3 Å². The maximum atomic E-state index is 13.1. The zero-order chi connectivity index (χ0) is 20.4. The van der Waals surface area contributed by atoms with Crippen LogP contribution in [0.2, 0.25) is 5.02 Å². The minimum absolute atomic E-state index is 0.0709. The first-order chi connectivity index (χ1) is 14.0. The number of urea groups is 1. The summed E-state index contributed by atoms with van der Waals surface area (Å²) < 4.78 is 0.958. The van der Waals surface area contributed by atoms with Crippen molar-refractivity contribution in [2.24, 2.45) is 0 Å². The number of benzene rings is 2.